The Morgan fingerprint density at radius 3 is 2.50 bits per heavy atom. The molecule has 1 aromatic heterocycles. The van der Waals surface area contributed by atoms with Crippen molar-refractivity contribution in [1.82, 2.24) is 4.98 Å². The number of hydrogen-bond donors (Lipinski definition) is 1. The predicted octanol–water partition coefficient (Wildman–Crippen LogP) is 5.88. The number of nitrogens with zero attached hydrogens (tertiary/aromatic N) is 2. The van der Waals surface area contributed by atoms with Gasteiger partial charge in [0.15, 0.2) is 0 Å². The Morgan fingerprint density at radius 1 is 1.04 bits per heavy atom. The Hall–Kier alpha value is -2.87. The van der Waals surface area contributed by atoms with Crippen molar-refractivity contribution in [1.29, 1.82) is 0 Å². The van der Waals surface area contributed by atoms with Gasteiger partial charge < -0.3 is 10.2 Å². The maximum Gasteiger partial charge on any atom is 0.417 e. The van der Waals surface area contributed by atoms with E-state index < -0.39 is 11.7 Å². The van der Waals surface area contributed by atoms with Crippen LogP contribution in [0.4, 0.5) is 30.2 Å². The Kier molecular flexibility index (Phi) is 5.69. The lowest BCUT2D eigenvalue weighted by Crippen LogP contribution is -2.14. The molecule has 3 aromatic rings. The number of hydrogen-bond acceptors (Lipinski definition) is 3. The van der Waals surface area contributed by atoms with Gasteiger partial charge in [-0.1, -0.05) is 28.1 Å². The predicted molar refractivity (Wildman–Crippen MR) is 106 cm³/mol. The lowest BCUT2D eigenvalue weighted by molar-refractivity contribution is -0.137. The first-order valence-corrected chi connectivity index (χ1v) is 8.96. The van der Waals surface area contributed by atoms with E-state index in [9.17, 15) is 18.0 Å². The fourth-order valence-electron chi connectivity index (χ4n) is 2.54. The zero-order chi connectivity index (χ0) is 20.3. The van der Waals surface area contributed by atoms with E-state index in [-0.39, 0.29) is 11.6 Å². The number of carbonyl (C=O) groups excluding carboxylic acids is 1. The Balaban J connectivity index is 1.82. The van der Waals surface area contributed by atoms with Gasteiger partial charge in [-0.2, -0.15) is 13.2 Å². The van der Waals surface area contributed by atoms with Crippen LogP contribution in [-0.2, 0) is 6.18 Å². The highest BCUT2D eigenvalue weighted by molar-refractivity contribution is 9.10. The summed E-state index contributed by atoms with van der Waals surface area (Å²) < 4.78 is 39.5. The Morgan fingerprint density at radius 2 is 1.79 bits per heavy atom. The summed E-state index contributed by atoms with van der Waals surface area (Å²) in [6.45, 7) is 0. The second kappa shape index (κ2) is 8.02. The van der Waals surface area contributed by atoms with Crippen LogP contribution in [0.5, 0.6) is 0 Å². The molecule has 8 heteroatoms. The number of pyridine rings is 1. The standard InChI is InChI=1S/C20H15BrF3N3O/c1-27(18-9-14(11-25-12-18)20(22,23)24)17-7-3-6-16(10-17)26-19(28)13-4-2-5-15(21)8-13/h2-12H,1H3,(H,26,28). The summed E-state index contributed by atoms with van der Waals surface area (Å²) in [5.41, 5.74) is 1.07. The number of anilines is 3. The smallest absolute Gasteiger partial charge is 0.343 e. The third-order valence-electron chi connectivity index (χ3n) is 4.02. The molecule has 0 saturated carbocycles. The van der Waals surface area contributed by atoms with Gasteiger partial charge in [0.05, 0.1) is 17.4 Å². The van der Waals surface area contributed by atoms with Crippen LogP contribution in [0, 0.1) is 0 Å². The summed E-state index contributed by atoms with van der Waals surface area (Å²) in [6.07, 6.45) is -2.34. The molecule has 2 aromatic carbocycles. The number of rotatable bonds is 4. The fourth-order valence-corrected chi connectivity index (χ4v) is 2.94. The van der Waals surface area contributed by atoms with E-state index in [0.29, 0.717) is 16.9 Å². The fraction of sp³-hybridized carbons (Fsp3) is 0.100. The first kappa shape index (κ1) is 19.9. The molecule has 0 saturated heterocycles. The molecule has 4 nitrogen and oxygen atoms in total. The molecule has 1 N–H and O–H groups in total. The maximum atomic E-state index is 12.9. The third kappa shape index (κ3) is 4.69. The van der Waals surface area contributed by atoms with E-state index >= 15 is 0 Å². The van der Waals surface area contributed by atoms with Gasteiger partial charge in [-0.15, -0.1) is 0 Å². The number of halogens is 4. The summed E-state index contributed by atoms with van der Waals surface area (Å²) in [4.78, 5) is 17.6. The van der Waals surface area contributed by atoms with Crippen molar-refractivity contribution in [3.63, 3.8) is 0 Å². The molecule has 0 bridgehead atoms. The van der Waals surface area contributed by atoms with Crippen LogP contribution in [-0.4, -0.2) is 17.9 Å². The van der Waals surface area contributed by atoms with Crippen LogP contribution in [0.15, 0.2) is 71.5 Å². The van der Waals surface area contributed by atoms with Gasteiger partial charge in [-0.25, -0.2) is 0 Å². The van der Waals surface area contributed by atoms with E-state index in [1.807, 2.05) is 6.07 Å². The van der Waals surface area contributed by atoms with E-state index in [0.717, 1.165) is 16.7 Å². The Labute approximate surface area is 168 Å². The molecular weight excluding hydrogens is 435 g/mol. The van der Waals surface area contributed by atoms with Crippen LogP contribution in [0.1, 0.15) is 15.9 Å². The van der Waals surface area contributed by atoms with Crippen molar-refractivity contribution in [2.45, 2.75) is 6.18 Å². The monoisotopic (exact) mass is 449 g/mol. The molecule has 0 aliphatic rings. The van der Waals surface area contributed by atoms with E-state index in [4.69, 9.17) is 0 Å². The van der Waals surface area contributed by atoms with Gasteiger partial charge in [-0.05, 0) is 42.5 Å². The molecular formula is C20H15BrF3N3O. The largest absolute Gasteiger partial charge is 0.417 e. The van der Waals surface area contributed by atoms with Crippen LogP contribution >= 0.6 is 15.9 Å². The second-order valence-corrected chi connectivity index (χ2v) is 6.92. The van der Waals surface area contributed by atoms with E-state index in [1.54, 1.807) is 54.4 Å². The van der Waals surface area contributed by atoms with Crippen LogP contribution in [0.25, 0.3) is 0 Å². The number of alkyl halides is 3. The molecule has 0 fully saturated rings. The van der Waals surface area contributed by atoms with Gasteiger partial charge in [0, 0.05) is 34.7 Å². The molecule has 1 heterocycles. The molecule has 144 valence electrons. The SMILES string of the molecule is CN(c1cccc(NC(=O)c2cccc(Br)c2)c1)c1cncc(C(F)(F)F)c1. The summed E-state index contributed by atoms with van der Waals surface area (Å²) >= 11 is 3.32. The molecule has 1 amide bonds. The van der Waals surface area contributed by atoms with Crippen LogP contribution < -0.4 is 10.2 Å². The van der Waals surface area contributed by atoms with Crippen molar-refractivity contribution in [3.05, 3.63) is 82.6 Å². The topological polar surface area (TPSA) is 45.2 Å². The summed E-state index contributed by atoms with van der Waals surface area (Å²) in [5.74, 6) is -0.290. The number of benzene rings is 2. The number of nitrogens with one attached hydrogen (secondary N) is 1. The summed E-state index contributed by atoms with van der Waals surface area (Å²) in [6, 6.07) is 14.8. The van der Waals surface area contributed by atoms with Crippen molar-refractivity contribution >= 4 is 38.9 Å². The average Bonchev–Trinajstić information content (AvgIpc) is 2.67. The van der Waals surface area contributed by atoms with E-state index in [2.05, 4.69) is 26.2 Å². The minimum absolute atomic E-state index is 0.283. The second-order valence-electron chi connectivity index (χ2n) is 6.00. The lowest BCUT2D eigenvalue weighted by Gasteiger charge is -2.21. The minimum atomic E-state index is -4.47. The number of aromatic nitrogens is 1. The van der Waals surface area contributed by atoms with Gasteiger partial charge >= 0.3 is 6.18 Å². The third-order valence-corrected chi connectivity index (χ3v) is 4.51. The molecule has 0 spiro atoms. The minimum Gasteiger partial charge on any atom is -0.343 e. The van der Waals surface area contributed by atoms with Crippen molar-refractivity contribution in [2.75, 3.05) is 17.3 Å². The first-order chi connectivity index (χ1) is 13.2. The zero-order valence-corrected chi connectivity index (χ0v) is 16.3. The van der Waals surface area contributed by atoms with E-state index in [1.165, 1.54) is 6.20 Å². The molecule has 0 unspecified atom stereocenters. The molecule has 0 atom stereocenters. The van der Waals surface area contributed by atoms with Crippen molar-refractivity contribution < 1.29 is 18.0 Å². The van der Waals surface area contributed by atoms with Gasteiger partial charge in [0.1, 0.15) is 0 Å². The van der Waals surface area contributed by atoms with Gasteiger partial charge in [-0.3, -0.25) is 9.78 Å². The summed E-state index contributed by atoms with van der Waals surface area (Å²) in [7, 11) is 1.63. The quantitative estimate of drug-likeness (QED) is 0.540. The summed E-state index contributed by atoms with van der Waals surface area (Å²) in [5, 5.41) is 2.79. The van der Waals surface area contributed by atoms with Crippen LogP contribution in [0.2, 0.25) is 0 Å². The van der Waals surface area contributed by atoms with Crippen molar-refractivity contribution in [3.8, 4) is 0 Å². The number of carbonyl (C=O) groups is 1. The molecule has 0 radical (unpaired) electrons. The maximum absolute atomic E-state index is 12.9. The highest BCUT2D eigenvalue weighted by atomic mass is 79.9. The lowest BCUT2D eigenvalue weighted by atomic mass is 10.2. The highest BCUT2D eigenvalue weighted by Gasteiger charge is 2.31. The highest BCUT2D eigenvalue weighted by Crippen LogP contribution is 2.33. The Bertz CT molecular complexity index is 1010. The van der Waals surface area contributed by atoms with Gasteiger partial charge in [0.2, 0.25) is 0 Å². The van der Waals surface area contributed by atoms with Crippen LogP contribution in [0.3, 0.4) is 0 Å². The molecule has 0 aliphatic carbocycles. The average molecular weight is 450 g/mol. The molecule has 0 aliphatic heterocycles. The van der Waals surface area contributed by atoms with Crippen molar-refractivity contribution in [2.24, 2.45) is 0 Å². The number of amides is 1. The zero-order valence-electron chi connectivity index (χ0n) is 14.7. The molecule has 28 heavy (non-hydrogen) atoms. The van der Waals surface area contributed by atoms with Gasteiger partial charge in [0.25, 0.3) is 5.91 Å². The first-order valence-electron chi connectivity index (χ1n) is 8.17. The normalized spacial score (nSPS) is 11.2. The molecule has 3 rings (SSSR count).